The quantitative estimate of drug-likeness (QED) is 0.203. The van der Waals surface area contributed by atoms with Crippen molar-refractivity contribution in [2.75, 3.05) is 26.0 Å². The molecule has 5 N–H and O–H groups in total. The Morgan fingerprint density at radius 3 is 2.80 bits per heavy atom. The van der Waals surface area contributed by atoms with E-state index >= 15 is 0 Å². The first-order valence-electron chi connectivity index (χ1n) is 13.0. The lowest BCUT2D eigenvalue weighted by Crippen LogP contribution is -2.41. The number of hydrogen-bond donors (Lipinski definition) is 5. The minimum Gasteiger partial charge on any atom is -0.504 e. The molecule has 2 aliphatic rings. The summed E-state index contributed by atoms with van der Waals surface area (Å²) in [4.78, 5) is 27.2. The summed E-state index contributed by atoms with van der Waals surface area (Å²) < 4.78 is 7.45. The smallest absolute Gasteiger partial charge is 0.229 e. The Morgan fingerprint density at radius 2 is 2.10 bits per heavy atom. The van der Waals surface area contributed by atoms with Crippen LogP contribution in [0, 0.1) is 23.2 Å². The van der Waals surface area contributed by atoms with E-state index in [0.717, 1.165) is 10.4 Å². The molecule has 0 aliphatic heterocycles. The van der Waals surface area contributed by atoms with E-state index in [-0.39, 0.29) is 23.4 Å². The molecule has 2 aliphatic carbocycles. The molecule has 212 valence electrons. The van der Waals surface area contributed by atoms with E-state index in [1.165, 1.54) is 25.5 Å². The Hall–Kier alpha value is -3.89. The first kappa shape index (κ1) is 27.3. The Kier molecular flexibility index (Phi) is 6.99. The van der Waals surface area contributed by atoms with Gasteiger partial charge in [-0.3, -0.25) is 4.79 Å². The van der Waals surface area contributed by atoms with Gasteiger partial charge in [-0.2, -0.15) is 0 Å². The molecular weight excluding hydrogens is 568 g/mol. The topological polar surface area (TPSA) is 155 Å². The van der Waals surface area contributed by atoms with Crippen LogP contribution in [0.1, 0.15) is 28.7 Å². The second-order valence-corrected chi connectivity index (χ2v) is 11.8. The molecule has 3 heterocycles. The first-order chi connectivity index (χ1) is 19.8. The van der Waals surface area contributed by atoms with Crippen molar-refractivity contribution in [2.24, 2.45) is 11.3 Å². The summed E-state index contributed by atoms with van der Waals surface area (Å²) in [7, 11) is 3.02. The van der Waals surface area contributed by atoms with Gasteiger partial charge in [0.05, 0.1) is 40.2 Å². The molecule has 0 unspecified atom stereocenters. The molecule has 4 aromatic rings. The molecule has 0 saturated heterocycles. The normalized spacial score (nSPS) is 24.4. The van der Waals surface area contributed by atoms with Crippen molar-refractivity contribution in [1.29, 1.82) is 0 Å². The van der Waals surface area contributed by atoms with Gasteiger partial charge in [-0.05, 0) is 54.5 Å². The number of fused-ring (bicyclic) bond motifs is 2. The number of halogens is 1. The maximum Gasteiger partial charge on any atom is 0.229 e. The number of amides is 1. The van der Waals surface area contributed by atoms with E-state index in [2.05, 4.69) is 37.4 Å². The van der Waals surface area contributed by atoms with Crippen molar-refractivity contribution in [3.8, 4) is 23.3 Å². The molecule has 0 spiro atoms. The number of nitrogens with one attached hydrogen (secondary N) is 2. The summed E-state index contributed by atoms with van der Waals surface area (Å²) in [5, 5.41) is 37.9. The number of phenols is 1. The summed E-state index contributed by atoms with van der Waals surface area (Å²) in [6.07, 6.45) is 0.189. The van der Waals surface area contributed by atoms with Gasteiger partial charge >= 0.3 is 0 Å². The lowest BCUT2D eigenvalue weighted by Gasteiger charge is -2.23. The van der Waals surface area contributed by atoms with E-state index < -0.39 is 23.7 Å². The lowest BCUT2D eigenvalue weighted by atomic mass is 9.98. The molecule has 0 bridgehead atoms. The van der Waals surface area contributed by atoms with Gasteiger partial charge in [0, 0.05) is 19.5 Å². The Bertz CT molecular complexity index is 1710. The number of aromatic nitrogens is 4. The number of phenolic OH excluding ortho intramolecular Hbond substituents is 1. The molecule has 5 atom stereocenters. The molecule has 2 saturated carbocycles. The SMILES string of the molecule is CNC(=O)[C@@]12C[C@@H]1[C@@H](n1cnc3c(NCCc4ccc(OC)c(O)c4)nc(C#Cc4ccc(Cl)s4)nc31)[C@H](O)[C@@H]2O. The van der Waals surface area contributed by atoms with Crippen LogP contribution in [0.3, 0.4) is 0 Å². The number of aliphatic hydroxyl groups excluding tert-OH is 2. The molecule has 0 radical (unpaired) electrons. The van der Waals surface area contributed by atoms with Crippen LogP contribution < -0.4 is 15.4 Å². The minimum absolute atomic E-state index is 0.0598. The monoisotopic (exact) mass is 594 g/mol. The fraction of sp³-hybridized carbons (Fsp3) is 0.357. The van der Waals surface area contributed by atoms with Crippen molar-refractivity contribution in [2.45, 2.75) is 31.1 Å². The van der Waals surface area contributed by atoms with Gasteiger partial charge in [-0.1, -0.05) is 17.7 Å². The molecule has 1 aromatic carbocycles. The van der Waals surface area contributed by atoms with Crippen molar-refractivity contribution in [1.82, 2.24) is 24.8 Å². The zero-order chi connectivity index (χ0) is 28.9. The van der Waals surface area contributed by atoms with Gasteiger partial charge in [0.25, 0.3) is 0 Å². The van der Waals surface area contributed by atoms with E-state index in [1.807, 2.05) is 12.1 Å². The molecular formula is C28H27ClN6O5S. The number of benzene rings is 1. The van der Waals surface area contributed by atoms with E-state index in [9.17, 15) is 20.1 Å². The summed E-state index contributed by atoms with van der Waals surface area (Å²) in [6, 6.07) is 8.20. The second kappa shape index (κ2) is 10.5. The summed E-state index contributed by atoms with van der Waals surface area (Å²) in [5.74, 6) is 6.60. The predicted molar refractivity (Wildman–Crippen MR) is 153 cm³/mol. The van der Waals surface area contributed by atoms with Crippen LogP contribution in [-0.4, -0.2) is 73.7 Å². The Balaban J connectivity index is 1.34. The first-order valence-corrected chi connectivity index (χ1v) is 14.2. The number of rotatable bonds is 7. The van der Waals surface area contributed by atoms with Crippen molar-refractivity contribution in [3.63, 3.8) is 0 Å². The van der Waals surface area contributed by atoms with Crippen LogP contribution in [0.4, 0.5) is 5.82 Å². The van der Waals surface area contributed by atoms with E-state index in [4.69, 9.17) is 16.3 Å². The lowest BCUT2D eigenvalue weighted by molar-refractivity contribution is -0.132. The van der Waals surface area contributed by atoms with Crippen LogP contribution in [0.5, 0.6) is 11.5 Å². The van der Waals surface area contributed by atoms with E-state index in [0.29, 0.717) is 46.5 Å². The highest BCUT2D eigenvalue weighted by molar-refractivity contribution is 7.16. The highest BCUT2D eigenvalue weighted by atomic mass is 35.5. The van der Waals surface area contributed by atoms with Gasteiger partial charge in [-0.15, -0.1) is 11.3 Å². The molecule has 13 heteroatoms. The third-order valence-electron chi connectivity index (χ3n) is 7.89. The van der Waals surface area contributed by atoms with Crippen LogP contribution in [0.25, 0.3) is 11.2 Å². The highest BCUT2D eigenvalue weighted by Crippen LogP contribution is 2.67. The van der Waals surface area contributed by atoms with Gasteiger partial charge < -0.3 is 35.3 Å². The summed E-state index contributed by atoms with van der Waals surface area (Å²) >= 11 is 7.39. The molecule has 2 fully saturated rings. The van der Waals surface area contributed by atoms with Gasteiger partial charge in [0.2, 0.25) is 11.7 Å². The maximum atomic E-state index is 12.6. The minimum atomic E-state index is -1.21. The number of methoxy groups -OCH3 is 1. The van der Waals surface area contributed by atoms with E-state index in [1.54, 1.807) is 29.1 Å². The van der Waals surface area contributed by atoms with Crippen molar-refractivity contribution in [3.05, 3.63) is 57.3 Å². The van der Waals surface area contributed by atoms with Gasteiger partial charge in [-0.25, -0.2) is 15.0 Å². The number of aliphatic hydroxyl groups is 2. The fourth-order valence-electron chi connectivity index (χ4n) is 5.82. The van der Waals surface area contributed by atoms with Gasteiger partial charge in [0.15, 0.2) is 28.5 Å². The standard InChI is InChI=1S/C28H27ClN6O5S/c1-30-27(39)28-12-16(28)22(23(37)24(28)38)35-13-32-21-25(31-10-9-14-3-6-18(40-2)17(36)11-14)33-20(34-26(21)35)8-5-15-4-7-19(29)41-15/h3-4,6-7,11,13,16,22-24,36-38H,9-10,12H2,1-2H3,(H,30,39)(H,31,33,34)/t16-,22-,23+,24+,28+/m1/s1. The Labute approximate surface area is 244 Å². The zero-order valence-electron chi connectivity index (χ0n) is 22.1. The average molecular weight is 595 g/mol. The van der Waals surface area contributed by atoms with Crippen LogP contribution >= 0.6 is 22.9 Å². The molecule has 3 aromatic heterocycles. The third kappa shape index (κ3) is 4.64. The maximum absolute atomic E-state index is 12.6. The van der Waals surface area contributed by atoms with Gasteiger partial charge in [0.1, 0.15) is 6.10 Å². The third-order valence-corrected chi connectivity index (χ3v) is 9.03. The molecule has 11 nitrogen and oxygen atoms in total. The summed E-state index contributed by atoms with van der Waals surface area (Å²) in [5.41, 5.74) is 0.749. The highest BCUT2D eigenvalue weighted by Gasteiger charge is 2.75. The number of ether oxygens (including phenoxy) is 1. The molecule has 6 rings (SSSR count). The van der Waals surface area contributed by atoms with Crippen LogP contribution in [0.2, 0.25) is 4.34 Å². The number of aromatic hydroxyl groups is 1. The predicted octanol–water partition coefficient (Wildman–Crippen LogP) is 2.34. The van der Waals surface area contributed by atoms with Crippen LogP contribution in [0.15, 0.2) is 36.7 Å². The van der Waals surface area contributed by atoms with Crippen LogP contribution in [-0.2, 0) is 11.2 Å². The molecule has 1 amide bonds. The number of nitrogens with zero attached hydrogens (tertiary/aromatic N) is 4. The number of carbonyl (C=O) groups excluding carboxylic acids is 1. The largest absolute Gasteiger partial charge is 0.504 e. The average Bonchev–Trinajstić information content (AvgIpc) is 3.21. The summed E-state index contributed by atoms with van der Waals surface area (Å²) in [6.45, 7) is 0.464. The second-order valence-electron chi connectivity index (χ2n) is 10.1. The molecule has 41 heavy (non-hydrogen) atoms. The number of carbonyl (C=O) groups is 1. The number of thiophene rings is 1. The number of anilines is 1. The van der Waals surface area contributed by atoms with Crippen molar-refractivity contribution >= 4 is 45.8 Å². The Morgan fingerprint density at radius 1 is 1.27 bits per heavy atom. The van der Waals surface area contributed by atoms with Crippen molar-refractivity contribution < 1.29 is 24.9 Å². The number of imidazole rings is 1. The fourth-order valence-corrected chi connectivity index (χ4v) is 6.71. The zero-order valence-corrected chi connectivity index (χ0v) is 23.7. The number of hydrogen-bond acceptors (Lipinski definition) is 10.